The molecule has 106 valence electrons. The molecule has 2 heterocycles. The third kappa shape index (κ3) is 4.60. The smallest absolute Gasteiger partial charge is 0.221 e. The van der Waals surface area contributed by atoms with Crippen LogP contribution in [-0.4, -0.2) is 36.5 Å². The summed E-state index contributed by atoms with van der Waals surface area (Å²) < 4.78 is 0. The zero-order chi connectivity index (χ0) is 13.5. The Morgan fingerprint density at radius 2 is 2.42 bits per heavy atom. The van der Waals surface area contributed by atoms with Crippen molar-refractivity contribution in [2.45, 2.75) is 38.3 Å². The number of hydrogen-bond donors (Lipinski definition) is 2. The van der Waals surface area contributed by atoms with E-state index in [1.54, 1.807) is 11.3 Å². The zero-order valence-corrected chi connectivity index (χ0v) is 12.1. The molecule has 0 bridgehead atoms. The van der Waals surface area contributed by atoms with Crippen LogP contribution in [0.4, 0.5) is 0 Å². The fourth-order valence-electron chi connectivity index (χ4n) is 2.57. The molecular formula is C14H23N3OS. The number of likely N-dealkylation sites (tertiary alicyclic amines) is 1. The van der Waals surface area contributed by atoms with Crippen molar-refractivity contribution in [3.63, 3.8) is 0 Å². The summed E-state index contributed by atoms with van der Waals surface area (Å²) in [7, 11) is 0. The summed E-state index contributed by atoms with van der Waals surface area (Å²) in [4.78, 5) is 14.0. The second-order valence-electron chi connectivity index (χ2n) is 5.09. The predicted molar refractivity (Wildman–Crippen MR) is 79.0 cm³/mol. The van der Waals surface area contributed by atoms with Crippen molar-refractivity contribution in [3.8, 4) is 0 Å². The molecule has 4 nitrogen and oxygen atoms in total. The molecule has 0 aliphatic carbocycles. The maximum Gasteiger partial charge on any atom is 0.221 e. The Bertz CT molecular complexity index is 380. The second-order valence-corrected chi connectivity index (χ2v) is 5.87. The topological polar surface area (TPSA) is 58.4 Å². The van der Waals surface area contributed by atoms with Gasteiger partial charge >= 0.3 is 0 Å². The molecule has 0 aromatic carbocycles. The SMILES string of the molecule is NCCC(=O)NCC1CCCCN1Cc1ccsc1. The minimum atomic E-state index is 0.0727. The van der Waals surface area contributed by atoms with Crippen molar-refractivity contribution in [2.24, 2.45) is 5.73 Å². The Morgan fingerprint density at radius 3 is 3.16 bits per heavy atom. The molecule has 5 heteroatoms. The van der Waals surface area contributed by atoms with Gasteiger partial charge in [-0.3, -0.25) is 9.69 Å². The highest BCUT2D eigenvalue weighted by atomic mass is 32.1. The molecule has 3 N–H and O–H groups in total. The van der Waals surface area contributed by atoms with E-state index in [2.05, 4.69) is 27.0 Å². The minimum Gasteiger partial charge on any atom is -0.354 e. The molecular weight excluding hydrogens is 258 g/mol. The quantitative estimate of drug-likeness (QED) is 0.832. The van der Waals surface area contributed by atoms with Crippen LogP contribution in [0.2, 0.25) is 0 Å². The standard InChI is InChI=1S/C14H23N3OS/c15-6-4-14(18)16-9-13-3-1-2-7-17(13)10-12-5-8-19-11-12/h5,8,11,13H,1-4,6-7,9-10,15H2,(H,16,18). The maximum atomic E-state index is 11.5. The summed E-state index contributed by atoms with van der Waals surface area (Å²) >= 11 is 1.74. The van der Waals surface area contributed by atoms with Gasteiger partial charge in [0.15, 0.2) is 0 Å². The summed E-state index contributed by atoms with van der Waals surface area (Å²) in [5.74, 6) is 0.0727. The average molecular weight is 281 g/mol. The number of nitrogens with zero attached hydrogens (tertiary/aromatic N) is 1. The normalized spacial score (nSPS) is 20.4. The third-order valence-electron chi connectivity index (χ3n) is 3.62. The number of amides is 1. The Kier molecular flexibility index (Phi) is 5.82. The van der Waals surface area contributed by atoms with E-state index in [4.69, 9.17) is 5.73 Å². The summed E-state index contributed by atoms with van der Waals surface area (Å²) in [6, 6.07) is 2.65. The van der Waals surface area contributed by atoms with Crippen LogP contribution in [0.25, 0.3) is 0 Å². The molecule has 2 rings (SSSR count). The molecule has 1 fully saturated rings. The predicted octanol–water partition coefficient (Wildman–Crippen LogP) is 1.57. The average Bonchev–Trinajstić information content (AvgIpc) is 2.91. The molecule has 1 atom stereocenters. The van der Waals surface area contributed by atoms with Crippen LogP contribution in [0.3, 0.4) is 0 Å². The highest BCUT2D eigenvalue weighted by molar-refractivity contribution is 7.07. The number of thiophene rings is 1. The lowest BCUT2D eigenvalue weighted by Gasteiger charge is -2.35. The molecule has 1 aliphatic rings. The number of nitrogens with two attached hydrogens (primary N) is 1. The second kappa shape index (κ2) is 7.62. The van der Waals surface area contributed by atoms with Crippen LogP contribution in [0.15, 0.2) is 16.8 Å². The third-order valence-corrected chi connectivity index (χ3v) is 4.35. The molecule has 1 aliphatic heterocycles. The van der Waals surface area contributed by atoms with Gasteiger partial charge in [-0.05, 0) is 41.8 Å². The van der Waals surface area contributed by atoms with Gasteiger partial charge in [-0.1, -0.05) is 6.42 Å². The highest BCUT2D eigenvalue weighted by Crippen LogP contribution is 2.20. The van der Waals surface area contributed by atoms with E-state index in [0.717, 1.165) is 19.6 Å². The number of nitrogens with one attached hydrogen (secondary N) is 1. The first kappa shape index (κ1) is 14.5. The van der Waals surface area contributed by atoms with Crippen molar-refractivity contribution >= 4 is 17.2 Å². The molecule has 1 amide bonds. The largest absolute Gasteiger partial charge is 0.354 e. The lowest BCUT2D eigenvalue weighted by Crippen LogP contribution is -2.46. The Hall–Kier alpha value is -0.910. The summed E-state index contributed by atoms with van der Waals surface area (Å²) in [5, 5.41) is 7.33. The van der Waals surface area contributed by atoms with Crippen molar-refractivity contribution < 1.29 is 4.79 Å². The Morgan fingerprint density at radius 1 is 1.53 bits per heavy atom. The van der Waals surface area contributed by atoms with Gasteiger partial charge in [0.25, 0.3) is 0 Å². The van der Waals surface area contributed by atoms with Crippen LogP contribution in [0.5, 0.6) is 0 Å². The summed E-state index contributed by atoms with van der Waals surface area (Å²) in [6.07, 6.45) is 4.12. The van der Waals surface area contributed by atoms with E-state index in [0.29, 0.717) is 19.0 Å². The lowest BCUT2D eigenvalue weighted by molar-refractivity contribution is -0.121. The fourth-order valence-corrected chi connectivity index (χ4v) is 3.23. The molecule has 19 heavy (non-hydrogen) atoms. The number of carbonyl (C=O) groups is 1. The zero-order valence-electron chi connectivity index (χ0n) is 11.3. The van der Waals surface area contributed by atoms with Crippen LogP contribution in [0.1, 0.15) is 31.2 Å². The van der Waals surface area contributed by atoms with Crippen LogP contribution < -0.4 is 11.1 Å². The number of rotatable bonds is 6. The van der Waals surface area contributed by atoms with E-state index in [1.807, 2.05) is 0 Å². The monoisotopic (exact) mass is 281 g/mol. The van der Waals surface area contributed by atoms with Gasteiger partial charge in [0.1, 0.15) is 0 Å². The first-order chi connectivity index (χ1) is 9.29. The Labute approximate surface area is 119 Å². The van der Waals surface area contributed by atoms with Gasteiger partial charge in [-0.15, -0.1) is 0 Å². The first-order valence-electron chi connectivity index (χ1n) is 7.01. The van der Waals surface area contributed by atoms with E-state index < -0.39 is 0 Å². The minimum absolute atomic E-state index is 0.0727. The van der Waals surface area contributed by atoms with Crippen molar-refractivity contribution in [2.75, 3.05) is 19.6 Å². The molecule has 1 aromatic heterocycles. The first-order valence-corrected chi connectivity index (χ1v) is 7.96. The molecule has 1 unspecified atom stereocenters. The van der Waals surface area contributed by atoms with Gasteiger partial charge in [0.2, 0.25) is 5.91 Å². The number of hydrogen-bond acceptors (Lipinski definition) is 4. The number of carbonyl (C=O) groups excluding carboxylic acids is 1. The lowest BCUT2D eigenvalue weighted by atomic mass is 10.0. The fraction of sp³-hybridized carbons (Fsp3) is 0.643. The van der Waals surface area contributed by atoms with E-state index in [-0.39, 0.29) is 5.91 Å². The van der Waals surface area contributed by atoms with Crippen molar-refractivity contribution in [1.82, 2.24) is 10.2 Å². The molecule has 0 radical (unpaired) electrons. The molecule has 1 saturated heterocycles. The van der Waals surface area contributed by atoms with Crippen LogP contribution in [0, 0.1) is 0 Å². The summed E-state index contributed by atoms with van der Waals surface area (Å²) in [6.45, 7) is 3.31. The number of piperidine rings is 1. The van der Waals surface area contributed by atoms with Crippen LogP contribution in [-0.2, 0) is 11.3 Å². The van der Waals surface area contributed by atoms with Gasteiger partial charge in [-0.25, -0.2) is 0 Å². The maximum absolute atomic E-state index is 11.5. The van der Waals surface area contributed by atoms with E-state index in [9.17, 15) is 4.79 Å². The van der Waals surface area contributed by atoms with Crippen molar-refractivity contribution in [1.29, 1.82) is 0 Å². The molecule has 0 saturated carbocycles. The van der Waals surface area contributed by atoms with Gasteiger partial charge < -0.3 is 11.1 Å². The Balaban J connectivity index is 1.83. The van der Waals surface area contributed by atoms with Gasteiger partial charge in [-0.2, -0.15) is 11.3 Å². The molecule has 0 spiro atoms. The highest BCUT2D eigenvalue weighted by Gasteiger charge is 2.22. The van der Waals surface area contributed by atoms with Crippen LogP contribution >= 0.6 is 11.3 Å². The summed E-state index contributed by atoms with van der Waals surface area (Å²) in [5.41, 5.74) is 6.77. The van der Waals surface area contributed by atoms with E-state index in [1.165, 1.54) is 24.8 Å². The van der Waals surface area contributed by atoms with Gasteiger partial charge in [0, 0.05) is 32.1 Å². The van der Waals surface area contributed by atoms with E-state index >= 15 is 0 Å². The van der Waals surface area contributed by atoms with Crippen molar-refractivity contribution in [3.05, 3.63) is 22.4 Å². The van der Waals surface area contributed by atoms with Gasteiger partial charge in [0.05, 0.1) is 0 Å². The molecule has 1 aromatic rings.